The van der Waals surface area contributed by atoms with Gasteiger partial charge < -0.3 is 15.0 Å². The minimum Gasteiger partial charge on any atom is -0.395 e. The summed E-state index contributed by atoms with van der Waals surface area (Å²) in [6.07, 6.45) is 1.65. The Balaban J connectivity index is 2.42. The first-order valence-corrected chi connectivity index (χ1v) is 6.03. The maximum absolute atomic E-state index is 11.3. The monoisotopic (exact) mass is 244 g/mol. The van der Waals surface area contributed by atoms with E-state index in [1.54, 1.807) is 6.33 Å². The molecule has 0 atom stereocenters. The predicted molar refractivity (Wildman–Crippen MR) is 61.2 cm³/mol. The fourth-order valence-electron chi connectivity index (χ4n) is 1.07. The van der Waals surface area contributed by atoms with Gasteiger partial charge in [0.2, 0.25) is 5.91 Å². The summed E-state index contributed by atoms with van der Waals surface area (Å²) in [6.45, 7) is 4.30. The van der Waals surface area contributed by atoms with Crippen LogP contribution in [0.3, 0.4) is 0 Å². The molecule has 7 heteroatoms. The third-order valence-electron chi connectivity index (χ3n) is 1.86. The Morgan fingerprint density at radius 2 is 2.44 bits per heavy atom. The van der Waals surface area contributed by atoms with Gasteiger partial charge in [0.25, 0.3) is 0 Å². The van der Waals surface area contributed by atoms with Crippen LogP contribution in [0.25, 0.3) is 0 Å². The Bertz CT molecular complexity index is 340. The van der Waals surface area contributed by atoms with Crippen molar-refractivity contribution in [1.29, 1.82) is 0 Å². The molecule has 90 valence electrons. The molecule has 1 rings (SSSR count). The first-order valence-electron chi connectivity index (χ1n) is 5.05. The van der Waals surface area contributed by atoms with E-state index in [0.717, 1.165) is 5.16 Å². The molecule has 0 radical (unpaired) electrons. The van der Waals surface area contributed by atoms with Gasteiger partial charge in [-0.25, -0.2) is 0 Å². The van der Waals surface area contributed by atoms with Crippen molar-refractivity contribution in [2.45, 2.75) is 25.0 Å². The second kappa shape index (κ2) is 6.49. The topological polar surface area (TPSA) is 80.0 Å². The van der Waals surface area contributed by atoms with E-state index in [1.165, 1.54) is 11.8 Å². The maximum Gasteiger partial charge on any atom is 0.230 e. The van der Waals surface area contributed by atoms with E-state index >= 15 is 0 Å². The lowest BCUT2D eigenvalue weighted by atomic mass is 10.4. The van der Waals surface area contributed by atoms with Gasteiger partial charge in [-0.3, -0.25) is 4.79 Å². The molecule has 1 amide bonds. The molecule has 0 aliphatic rings. The first kappa shape index (κ1) is 13.0. The van der Waals surface area contributed by atoms with Crippen LogP contribution in [0.15, 0.2) is 11.5 Å². The van der Waals surface area contributed by atoms with E-state index in [0.29, 0.717) is 0 Å². The summed E-state index contributed by atoms with van der Waals surface area (Å²) in [7, 11) is 0. The van der Waals surface area contributed by atoms with E-state index in [1.807, 2.05) is 18.4 Å². The molecule has 2 N–H and O–H groups in total. The highest BCUT2D eigenvalue weighted by Gasteiger charge is 2.09. The molecule has 0 saturated heterocycles. The van der Waals surface area contributed by atoms with Crippen LogP contribution in [0.5, 0.6) is 0 Å². The number of carbonyl (C=O) groups excluding carboxylic acids is 1. The Kier molecular flexibility index (Phi) is 5.27. The van der Waals surface area contributed by atoms with Gasteiger partial charge in [-0.15, -0.1) is 10.2 Å². The van der Waals surface area contributed by atoms with Crippen LogP contribution < -0.4 is 5.32 Å². The lowest BCUT2D eigenvalue weighted by Gasteiger charge is -2.09. The van der Waals surface area contributed by atoms with Crippen LogP contribution in [0.4, 0.5) is 0 Å². The summed E-state index contributed by atoms with van der Waals surface area (Å²) in [5.41, 5.74) is 0. The fraction of sp³-hybridized carbons (Fsp3) is 0.667. The van der Waals surface area contributed by atoms with Crippen LogP contribution in [0.1, 0.15) is 19.9 Å². The number of carbonyl (C=O) groups is 1. The molecular formula is C9H16N4O2S. The van der Waals surface area contributed by atoms with Gasteiger partial charge in [0.1, 0.15) is 6.33 Å². The lowest BCUT2D eigenvalue weighted by molar-refractivity contribution is -0.118. The van der Waals surface area contributed by atoms with Gasteiger partial charge >= 0.3 is 0 Å². The van der Waals surface area contributed by atoms with Crippen LogP contribution in [-0.2, 0) is 4.79 Å². The molecule has 0 saturated carbocycles. The van der Waals surface area contributed by atoms with Crippen LogP contribution in [0, 0.1) is 0 Å². The zero-order valence-electron chi connectivity index (χ0n) is 9.38. The molecule has 1 aromatic rings. The number of amides is 1. The normalized spacial score (nSPS) is 10.8. The molecule has 0 aliphatic heterocycles. The van der Waals surface area contributed by atoms with Crippen molar-refractivity contribution in [3.05, 3.63) is 6.33 Å². The summed E-state index contributed by atoms with van der Waals surface area (Å²) in [6, 6.07) is 0.276. The summed E-state index contributed by atoms with van der Waals surface area (Å²) in [5, 5.41) is 19.6. The van der Waals surface area contributed by atoms with Gasteiger partial charge in [0.15, 0.2) is 5.16 Å². The highest BCUT2D eigenvalue weighted by atomic mass is 32.2. The van der Waals surface area contributed by atoms with Crippen LogP contribution in [0.2, 0.25) is 0 Å². The minimum absolute atomic E-state index is 0.0431. The molecule has 16 heavy (non-hydrogen) atoms. The molecule has 0 fully saturated rings. The number of aromatic nitrogens is 3. The third kappa shape index (κ3) is 3.82. The van der Waals surface area contributed by atoms with Crippen molar-refractivity contribution < 1.29 is 9.90 Å². The molecule has 0 unspecified atom stereocenters. The number of hydrogen-bond donors (Lipinski definition) is 2. The number of hydrogen-bond acceptors (Lipinski definition) is 5. The average Bonchev–Trinajstić information content (AvgIpc) is 2.71. The molecule has 0 aliphatic carbocycles. The zero-order valence-corrected chi connectivity index (χ0v) is 10.2. The summed E-state index contributed by atoms with van der Waals surface area (Å²) in [5.74, 6) is 0.170. The van der Waals surface area contributed by atoms with Gasteiger partial charge in [0, 0.05) is 12.6 Å². The van der Waals surface area contributed by atoms with Gasteiger partial charge in [-0.05, 0) is 13.8 Å². The predicted octanol–water partition coefficient (Wildman–Crippen LogP) is 0.0596. The molecule has 1 aromatic heterocycles. The average molecular weight is 244 g/mol. The minimum atomic E-state index is -0.114. The van der Waals surface area contributed by atoms with E-state index in [9.17, 15) is 4.79 Å². The number of rotatable bonds is 6. The fourth-order valence-corrected chi connectivity index (χ4v) is 1.94. The van der Waals surface area contributed by atoms with Crippen molar-refractivity contribution in [2.75, 3.05) is 18.9 Å². The Morgan fingerprint density at radius 3 is 3.06 bits per heavy atom. The van der Waals surface area contributed by atoms with Gasteiger partial charge in [-0.1, -0.05) is 11.8 Å². The third-order valence-corrected chi connectivity index (χ3v) is 2.82. The van der Waals surface area contributed by atoms with E-state index in [4.69, 9.17) is 5.11 Å². The van der Waals surface area contributed by atoms with Gasteiger partial charge in [0.05, 0.1) is 12.4 Å². The number of nitrogens with zero attached hydrogens (tertiary/aromatic N) is 3. The molecule has 0 bridgehead atoms. The Labute approximate surface area is 98.4 Å². The second-order valence-corrected chi connectivity index (χ2v) is 4.42. The zero-order chi connectivity index (χ0) is 12.0. The molecular weight excluding hydrogens is 228 g/mol. The van der Waals surface area contributed by atoms with E-state index in [2.05, 4.69) is 15.5 Å². The summed E-state index contributed by atoms with van der Waals surface area (Å²) >= 11 is 1.34. The van der Waals surface area contributed by atoms with Crippen molar-refractivity contribution in [2.24, 2.45) is 0 Å². The Hall–Kier alpha value is -1.08. The van der Waals surface area contributed by atoms with Gasteiger partial charge in [-0.2, -0.15) is 0 Å². The SMILES string of the molecule is CC(C)n1cnnc1SCC(=O)NCCO. The maximum atomic E-state index is 11.3. The summed E-state index contributed by atoms with van der Waals surface area (Å²) in [4.78, 5) is 11.3. The van der Waals surface area contributed by atoms with Crippen LogP contribution in [-0.4, -0.2) is 44.7 Å². The molecule has 6 nitrogen and oxygen atoms in total. The van der Waals surface area contributed by atoms with Crippen molar-refractivity contribution in [3.63, 3.8) is 0 Å². The molecule has 0 aromatic carbocycles. The quantitative estimate of drug-likeness (QED) is 0.692. The Morgan fingerprint density at radius 1 is 1.69 bits per heavy atom. The number of thioether (sulfide) groups is 1. The number of aliphatic hydroxyl groups is 1. The largest absolute Gasteiger partial charge is 0.395 e. The summed E-state index contributed by atoms with van der Waals surface area (Å²) < 4.78 is 1.91. The van der Waals surface area contributed by atoms with Crippen molar-refractivity contribution in [3.8, 4) is 0 Å². The highest BCUT2D eigenvalue weighted by molar-refractivity contribution is 7.99. The second-order valence-electron chi connectivity index (χ2n) is 3.48. The number of aliphatic hydroxyl groups excluding tert-OH is 1. The first-order chi connectivity index (χ1) is 7.65. The molecule has 1 heterocycles. The van der Waals surface area contributed by atoms with E-state index < -0.39 is 0 Å². The lowest BCUT2D eigenvalue weighted by Crippen LogP contribution is -2.28. The standard InChI is InChI=1S/C9H16N4O2S/c1-7(2)13-6-11-12-9(13)16-5-8(15)10-3-4-14/h6-7,14H,3-5H2,1-2H3,(H,10,15). The van der Waals surface area contributed by atoms with E-state index in [-0.39, 0.29) is 30.9 Å². The number of nitrogens with one attached hydrogen (secondary N) is 1. The van der Waals surface area contributed by atoms with Crippen molar-refractivity contribution in [1.82, 2.24) is 20.1 Å². The highest BCUT2D eigenvalue weighted by Crippen LogP contribution is 2.18. The smallest absolute Gasteiger partial charge is 0.230 e. The molecule has 0 spiro atoms. The van der Waals surface area contributed by atoms with Crippen molar-refractivity contribution >= 4 is 17.7 Å². The van der Waals surface area contributed by atoms with Crippen LogP contribution >= 0.6 is 11.8 Å².